The molecule has 1 fully saturated rings. The molecule has 0 radical (unpaired) electrons. The third kappa shape index (κ3) is 3.05. The van der Waals surface area contributed by atoms with Gasteiger partial charge < -0.3 is 15.8 Å². The Morgan fingerprint density at radius 1 is 1.41 bits per heavy atom. The SMILES string of the molecule is CCCOc1cc(NC2CC(C)C2)ccc1N. The standard InChI is InChI=1S/C14H22N2O/c1-3-6-17-14-9-11(4-5-13(14)15)16-12-7-10(2)8-12/h4-5,9-10,12,16H,3,6-8,15H2,1-2H3. The van der Waals surface area contributed by atoms with E-state index in [1.165, 1.54) is 12.8 Å². The number of benzene rings is 1. The Bertz CT molecular complexity index is 372. The van der Waals surface area contributed by atoms with E-state index in [1.54, 1.807) is 0 Å². The minimum Gasteiger partial charge on any atom is -0.491 e. The van der Waals surface area contributed by atoms with Crippen molar-refractivity contribution in [1.82, 2.24) is 0 Å². The van der Waals surface area contributed by atoms with E-state index in [-0.39, 0.29) is 0 Å². The number of hydrogen-bond acceptors (Lipinski definition) is 3. The molecule has 0 amide bonds. The minimum absolute atomic E-state index is 0.618. The number of rotatable bonds is 5. The lowest BCUT2D eigenvalue weighted by Gasteiger charge is -2.34. The van der Waals surface area contributed by atoms with Crippen LogP contribution < -0.4 is 15.8 Å². The topological polar surface area (TPSA) is 47.3 Å². The summed E-state index contributed by atoms with van der Waals surface area (Å²) in [7, 11) is 0. The van der Waals surface area contributed by atoms with E-state index in [2.05, 4.69) is 19.2 Å². The predicted octanol–water partition coefficient (Wildman–Crippen LogP) is 3.27. The van der Waals surface area contributed by atoms with Crippen molar-refractivity contribution in [3.8, 4) is 5.75 Å². The molecule has 0 aliphatic heterocycles. The first-order valence-corrected chi connectivity index (χ1v) is 6.48. The molecule has 0 spiro atoms. The summed E-state index contributed by atoms with van der Waals surface area (Å²) in [4.78, 5) is 0. The van der Waals surface area contributed by atoms with E-state index in [0.29, 0.717) is 18.3 Å². The Labute approximate surface area is 103 Å². The monoisotopic (exact) mass is 234 g/mol. The molecule has 1 saturated carbocycles. The van der Waals surface area contributed by atoms with E-state index < -0.39 is 0 Å². The number of hydrogen-bond donors (Lipinski definition) is 2. The van der Waals surface area contributed by atoms with Gasteiger partial charge in [0.25, 0.3) is 0 Å². The molecule has 0 heterocycles. The van der Waals surface area contributed by atoms with Gasteiger partial charge in [-0.05, 0) is 37.3 Å². The molecule has 17 heavy (non-hydrogen) atoms. The number of nitrogens with one attached hydrogen (secondary N) is 1. The minimum atomic E-state index is 0.618. The smallest absolute Gasteiger partial charge is 0.144 e. The van der Waals surface area contributed by atoms with Crippen LogP contribution in [0.1, 0.15) is 33.1 Å². The van der Waals surface area contributed by atoms with Crippen LogP contribution in [0.25, 0.3) is 0 Å². The molecule has 0 bridgehead atoms. The van der Waals surface area contributed by atoms with Crippen LogP contribution in [0, 0.1) is 5.92 Å². The van der Waals surface area contributed by atoms with E-state index in [9.17, 15) is 0 Å². The van der Waals surface area contributed by atoms with Crippen LogP contribution in [0.5, 0.6) is 5.75 Å². The van der Waals surface area contributed by atoms with Crippen LogP contribution in [0.15, 0.2) is 18.2 Å². The van der Waals surface area contributed by atoms with Crippen LogP contribution >= 0.6 is 0 Å². The summed E-state index contributed by atoms with van der Waals surface area (Å²) in [6.45, 7) is 5.10. The van der Waals surface area contributed by atoms with E-state index >= 15 is 0 Å². The molecular weight excluding hydrogens is 212 g/mol. The summed E-state index contributed by atoms with van der Waals surface area (Å²) in [5, 5.41) is 3.52. The van der Waals surface area contributed by atoms with Crippen LogP contribution in [0.3, 0.4) is 0 Å². The van der Waals surface area contributed by atoms with Crippen molar-refractivity contribution in [2.75, 3.05) is 17.7 Å². The fraction of sp³-hybridized carbons (Fsp3) is 0.571. The van der Waals surface area contributed by atoms with Gasteiger partial charge in [0.05, 0.1) is 12.3 Å². The number of nitrogen functional groups attached to an aromatic ring is 1. The van der Waals surface area contributed by atoms with Crippen molar-refractivity contribution in [2.24, 2.45) is 5.92 Å². The highest BCUT2D eigenvalue weighted by Crippen LogP contribution is 2.32. The second-order valence-electron chi connectivity index (χ2n) is 5.02. The first kappa shape index (κ1) is 12.1. The fourth-order valence-electron chi connectivity index (χ4n) is 2.22. The zero-order valence-corrected chi connectivity index (χ0v) is 10.7. The quantitative estimate of drug-likeness (QED) is 0.769. The predicted molar refractivity (Wildman–Crippen MR) is 72.4 cm³/mol. The molecule has 1 aromatic carbocycles. The maximum atomic E-state index is 5.88. The first-order chi connectivity index (χ1) is 8.19. The maximum absolute atomic E-state index is 5.88. The Morgan fingerprint density at radius 3 is 2.82 bits per heavy atom. The van der Waals surface area contributed by atoms with Gasteiger partial charge in [0, 0.05) is 17.8 Å². The zero-order chi connectivity index (χ0) is 12.3. The van der Waals surface area contributed by atoms with E-state index in [1.807, 2.05) is 18.2 Å². The van der Waals surface area contributed by atoms with Crippen LogP contribution in [0.4, 0.5) is 11.4 Å². The van der Waals surface area contributed by atoms with Gasteiger partial charge in [0.15, 0.2) is 0 Å². The summed E-state index contributed by atoms with van der Waals surface area (Å²) in [6.07, 6.45) is 3.52. The third-order valence-electron chi connectivity index (χ3n) is 3.22. The molecule has 3 nitrogen and oxygen atoms in total. The summed E-state index contributed by atoms with van der Waals surface area (Å²) >= 11 is 0. The fourth-order valence-corrected chi connectivity index (χ4v) is 2.22. The summed E-state index contributed by atoms with van der Waals surface area (Å²) in [5.74, 6) is 1.65. The first-order valence-electron chi connectivity index (χ1n) is 6.48. The molecule has 3 heteroatoms. The Morgan fingerprint density at radius 2 is 2.18 bits per heavy atom. The van der Waals surface area contributed by atoms with E-state index in [4.69, 9.17) is 10.5 Å². The molecule has 0 unspecified atom stereocenters. The lowest BCUT2D eigenvalue weighted by Crippen LogP contribution is -2.33. The van der Waals surface area contributed by atoms with Gasteiger partial charge in [0.2, 0.25) is 0 Å². The van der Waals surface area contributed by atoms with Crippen molar-refractivity contribution in [3.05, 3.63) is 18.2 Å². The molecule has 0 saturated heterocycles. The van der Waals surface area contributed by atoms with Gasteiger partial charge in [0.1, 0.15) is 5.75 Å². The Kier molecular flexibility index (Phi) is 3.77. The summed E-state index contributed by atoms with van der Waals surface area (Å²) < 4.78 is 5.62. The second kappa shape index (κ2) is 5.30. The zero-order valence-electron chi connectivity index (χ0n) is 10.7. The summed E-state index contributed by atoms with van der Waals surface area (Å²) in [5.41, 5.74) is 7.70. The average molecular weight is 234 g/mol. The molecule has 94 valence electrons. The van der Waals surface area contributed by atoms with E-state index in [0.717, 1.165) is 23.8 Å². The third-order valence-corrected chi connectivity index (χ3v) is 3.22. The Hall–Kier alpha value is -1.38. The molecule has 2 rings (SSSR count). The molecule has 1 aromatic rings. The van der Waals surface area contributed by atoms with Crippen molar-refractivity contribution >= 4 is 11.4 Å². The van der Waals surface area contributed by atoms with Crippen LogP contribution in [-0.4, -0.2) is 12.6 Å². The average Bonchev–Trinajstić information content (AvgIpc) is 2.27. The highest BCUT2D eigenvalue weighted by molar-refractivity contribution is 5.61. The highest BCUT2D eigenvalue weighted by atomic mass is 16.5. The number of ether oxygens (including phenoxy) is 1. The van der Waals surface area contributed by atoms with Crippen molar-refractivity contribution < 1.29 is 4.74 Å². The highest BCUT2D eigenvalue weighted by Gasteiger charge is 2.24. The molecule has 0 aromatic heterocycles. The van der Waals surface area contributed by atoms with Gasteiger partial charge in [-0.15, -0.1) is 0 Å². The lowest BCUT2D eigenvalue weighted by atomic mass is 9.82. The van der Waals surface area contributed by atoms with Crippen molar-refractivity contribution in [2.45, 2.75) is 39.2 Å². The number of anilines is 2. The van der Waals surface area contributed by atoms with Crippen LogP contribution in [-0.2, 0) is 0 Å². The van der Waals surface area contributed by atoms with Gasteiger partial charge in [-0.2, -0.15) is 0 Å². The van der Waals surface area contributed by atoms with Gasteiger partial charge >= 0.3 is 0 Å². The molecule has 0 atom stereocenters. The number of nitrogens with two attached hydrogens (primary N) is 1. The normalized spacial score (nSPS) is 22.9. The second-order valence-corrected chi connectivity index (χ2v) is 5.02. The largest absolute Gasteiger partial charge is 0.491 e. The van der Waals surface area contributed by atoms with Gasteiger partial charge in [-0.1, -0.05) is 13.8 Å². The molecule has 1 aliphatic rings. The van der Waals surface area contributed by atoms with Crippen LogP contribution in [0.2, 0.25) is 0 Å². The van der Waals surface area contributed by atoms with Gasteiger partial charge in [-0.25, -0.2) is 0 Å². The van der Waals surface area contributed by atoms with Crippen molar-refractivity contribution in [1.29, 1.82) is 0 Å². The molecular formula is C14H22N2O. The Balaban J connectivity index is 1.97. The maximum Gasteiger partial charge on any atom is 0.144 e. The summed E-state index contributed by atoms with van der Waals surface area (Å²) in [6, 6.07) is 6.56. The van der Waals surface area contributed by atoms with Crippen molar-refractivity contribution in [3.63, 3.8) is 0 Å². The van der Waals surface area contributed by atoms with Gasteiger partial charge in [-0.3, -0.25) is 0 Å². The molecule has 3 N–H and O–H groups in total. The lowest BCUT2D eigenvalue weighted by molar-refractivity contribution is 0.308. The molecule has 1 aliphatic carbocycles.